The van der Waals surface area contributed by atoms with Crippen molar-refractivity contribution < 1.29 is 19.1 Å². The Balaban J connectivity index is 1.51. The van der Waals surface area contributed by atoms with Crippen molar-refractivity contribution in [3.8, 4) is 5.75 Å². The first-order valence-electron chi connectivity index (χ1n) is 13.3. The molecule has 0 aliphatic carbocycles. The van der Waals surface area contributed by atoms with Gasteiger partial charge in [0, 0.05) is 21.8 Å². The van der Waals surface area contributed by atoms with Gasteiger partial charge in [0.25, 0.3) is 11.8 Å². The molecule has 3 N–H and O–H groups in total. The van der Waals surface area contributed by atoms with E-state index in [-0.39, 0.29) is 11.6 Å². The van der Waals surface area contributed by atoms with Gasteiger partial charge in [-0.1, -0.05) is 66.5 Å². The summed E-state index contributed by atoms with van der Waals surface area (Å²) in [5.41, 5.74) is 2.18. The Morgan fingerprint density at radius 1 is 0.837 bits per heavy atom. The lowest BCUT2D eigenvalue weighted by atomic mass is 10.1. The number of hydrogen-bond acceptors (Lipinski definition) is 5. The van der Waals surface area contributed by atoms with Gasteiger partial charge < -0.3 is 20.7 Å². The van der Waals surface area contributed by atoms with E-state index in [1.54, 1.807) is 98.1 Å². The third kappa shape index (κ3) is 9.12. The van der Waals surface area contributed by atoms with Crippen LogP contribution in [0.2, 0.25) is 10.0 Å². The lowest BCUT2D eigenvalue weighted by Gasteiger charge is -2.16. The van der Waals surface area contributed by atoms with Gasteiger partial charge >= 0.3 is 0 Å². The SMILES string of the molecule is CCC(Sc1cccc(NC(=O)/C(=C/c2cccc(OC)c2)NC(=O)c2ccccc2)c1)C(=O)Nc1ccc(Cl)c(Cl)c1. The number of thioether (sulfide) groups is 1. The number of hydrogen-bond donors (Lipinski definition) is 3. The Kier molecular flexibility index (Phi) is 11.3. The molecule has 220 valence electrons. The van der Waals surface area contributed by atoms with Gasteiger partial charge in [-0.25, -0.2) is 0 Å². The maximum Gasteiger partial charge on any atom is 0.272 e. The molecule has 0 aliphatic rings. The summed E-state index contributed by atoms with van der Waals surface area (Å²) in [5.74, 6) is -0.514. The summed E-state index contributed by atoms with van der Waals surface area (Å²) in [5, 5.41) is 8.82. The second-order valence-corrected chi connectivity index (χ2v) is 11.4. The van der Waals surface area contributed by atoms with Crippen molar-refractivity contribution >= 4 is 70.1 Å². The number of nitrogens with one attached hydrogen (secondary N) is 3. The topological polar surface area (TPSA) is 96.5 Å². The fourth-order valence-electron chi connectivity index (χ4n) is 3.97. The fraction of sp³-hybridized carbons (Fsp3) is 0.121. The first-order chi connectivity index (χ1) is 20.7. The molecule has 4 aromatic carbocycles. The highest BCUT2D eigenvalue weighted by Crippen LogP contribution is 2.30. The molecular weight excluding hydrogens is 605 g/mol. The molecule has 43 heavy (non-hydrogen) atoms. The number of carbonyl (C=O) groups is 3. The smallest absolute Gasteiger partial charge is 0.272 e. The van der Waals surface area contributed by atoms with E-state index in [4.69, 9.17) is 27.9 Å². The number of amides is 3. The quantitative estimate of drug-likeness (QED) is 0.115. The summed E-state index contributed by atoms with van der Waals surface area (Å²) in [7, 11) is 1.55. The maximum atomic E-state index is 13.5. The van der Waals surface area contributed by atoms with Gasteiger partial charge in [-0.15, -0.1) is 11.8 Å². The zero-order valence-electron chi connectivity index (χ0n) is 23.4. The average Bonchev–Trinajstić information content (AvgIpc) is 3.02. The van der Waals surface area contributed by atoms with Gasteiger partial charge in [-0.05, 0) is 78.7 Å². The van der Waals surface area contributed by atoms with Crippen LogP contribution in [0, 0.1) is 0 Å². The zero-order chi connectivity index (χ0) is 30.8. The summed E-state index contributed by atoms with van der Waals surface area (Å²) in [6.45, 7) is 1.92. The molecule has 10 heteroatoms. The highest BCUT2D eigenvalue weighted by atomic mass is 35.5. The van der Waals surface area contributed by atoms with Crippen LogP contribution in [0.15, 0.2) is 108 Å². The molecule has 0 spiro atoms. The third-order valence-electron chi connectivity index (χ3n) is 6.15. The van der Waals surface area contributed by atoms with Crippen LogP contribution in [0.25, 0.3) is 6.08 Å². The summed E-state index contributed by atoms with van der Waals surface area (Å²) >= 11 is 13.4. The third-order valence-corrected chi connectivity index (χ3v) is 8.25. The average molecular weight is 635 g/mol. The van der Waals surface area contributed by atoms with Crippen molar-refractivity contribution in [2.75, 3.05) is 17.7 Å². The minimum Gasteiger partial charge on any atom is -0.497 e. The van der Waals surface area contributed by atoms with E-state index in [0.29, 0.717) is 44.7 Å². The highest BCUT2D eigenvalue weighted by molar-refractivity contribution is 8.00. The lowest BCUT2D eigenvalue weighted by molar-refractivity contribution is -0.116. The first kappa shape index (κ1) is 31.7. The molecule has 0 saturated carbocycles. The monoisotopic (exact) mass is 633 g/mol. The second kappa shape index (κ2) is 15.3. The molecule has 0 heterocycles. The van der Waals surface area contributed by atoms with Crippen molar-refractivity contribution in [2.24, 2.45) is 0 Å². The van der Waals surface area contributed by atoms with Crippen LogP contribution in [0.1, 0.15) is 29.3 Å². The maximum absolute atomic E-state index is 13.5. The zero-order valence-corrected chi connectivity index (χ0v) is 25.7. The molecule has 0 aliphatic heterocycles. The van der Waals surface area contributed by atoms with Crippen LogP contribution < -0.4 is 20.7 Å². The second-order valence-electron chi connectivity index (χ2n) is 9.27. The van der Waals surface area contributed by atoms with Gasteiger partial charge in [-0.3, -0.25) is 14.4 Å². The molecule has 0 fully saturated rings. The number of rotatable bonds is 11. The molecule has 0 radical (unpaired) electrons. The van der Waals surface area contributed by atoms with Crippen LogP contribution in [0.4, 0.5) is 11.4 Å². The van der Waals surface area contributed by atoms with E-state index >= 15 is 0 Å². The molecule has 3 amide bonds. The molecule has 4 aromatic rings. The van der Waals surface area contributed by atoms with Crippen LogP contribution in [0.3, 0.4) is 0 Å². The van der Waals surface area contributed by atoms with Crippen LogP contribution in [0.5, 0.6) is 5.75 Å². The van der Waals surface area contributed by atoms with E-state index in [1.807, 2.05) is 19.1 Å². The molecule has 1 atom stereocenters. The Morgan fingerprint density at radius 3 is 2.30 bits per heavy atom. The number of methoxy groups -OCH3 is 1. The van der Waals surface area contributed by atoms with Crippen molar-refractivity contribution in [1.29, 1.82) is 0 Å². The Labute approximate surface area is 264 Å². The van der Waals surface area contributed by atoms with E-state index in [2.05, 4.69) is 16.0 Å². The van der Waals surface area contributed by atoms with Gasteiger partial charge in [-0.2, -0.15) is 0 Å². The molecular formula is C33H29Cl2N3O4S. The largest absolute Gasteiger partial charge is 0.497 e. The fourth-order valence-corrected chi connectivity index (χ4v) is 5.28. The Morgan fingerprint density at radius 2 is 1.58 bits per heavy atom. The standard InChI is InChI=1S/C33H29Cl2N3O4S/c1-3-30(33(41)37-24-15-16-27(34)28(35)20-24)43-26-14-8-12-23(19-26)36-32(40)29(18-21-9-7-13-25(17-21)42-2)38-31(39)22-10-5-4-6-11-22/h4-20,30H,3H2,1-2H3,(H,36,40)(H,37,41)(H,38,39)/b29-18-. The number of halogens is 2. The predicted molar refractivity (Wildman–Crippen MR) is 175 cm³/mol. The number of anilines is 2. The minimum atomic E-state index is -0.515. The van der Waals surface area contributed by atoms with Crippen molar-refractivity contribution in [2.45, 2.75) is 23.5 Å². The first-order valence-corrected chi connectivity index (χ1v) is 15.0. The molecule has 0 aromatic heterocycles. The number of carbonyl (C=O) groups excluding carboxylic acids is 3. The van der Waals surface area contributed by atoms with Crippen LogP contribution >= 0.6 is 35.0 Å². The van der Waals surface area contributed by atoms with Crippen molar-refractivity contribution in [3.05, 3.63) is 124 Å². The van der Waals surface area contributed by atoms with Gasteiger partial charge in [0.2, 0.25) is 5.91 Å². The van der Waals surface area contributed by atoms with E-state index in [0.717, 1.165) is 4.90 Å². The van der Waals surface area contributed by atoms with Crippen molar-refractivity contribution in [3.63, 3.8) is 0 Å². The predicted octanol–water partition coefficient (Wildman–Crippen LogP) is 7.92. The van der Waals surface area contributed by atoms with E-state index in [9.17, 15) is 14.4 Å². The van der Waals surface area contributed by atoms with Crippen LogP contribution in [-0.2, 0) is 9.59 Å². The van der Waals surface area contributed by atoms with Gasteiger partial charge in [0.1, 0.15) is 11.4 Å². The van der Waals surface area contributed by atoms with Crippen molar-refractivity contribution in [1.82, 2.24) is 5.32 Å². The summed E-state index contributed by atoms with van der Waals surface area (Å²) in [4.78, 5) is 40.2. The van der Waals surface area contributed by atoms with E-state index in [1.165, 1.54) is 11.8 Å². The van der Waals surface area contributed by atoms with Gasteiger partial charge in [0.05, 0.1) is 22.4 Å². The molecule has 4 rings (SSSR count). The minimum absolute atomic E-state index is 0.0487. The highest BCUT2D eigenvalue weighted by Gasteiger charge is 2.20. The summed E-state index contributed by atoms with van der Waals surface area (Å²) in [6, 6.07) is 27.8. The molecule has 0 bridgehead atoms. The summed E-state index contributed by atoms with van der Waals surface area (Å²) in [6.07, 6.45) is 2.14. The Bertz CT molecular complexity index is 1650. The molecule has 1 unspecified atom stereocenters. The van der Waals surface area contributed by atoms with Gasteiger partial charge in [0.15, 0.2) is 0 Å². The molecule has 7 nitrogen and oxygen atoms in total. The lowest BCUT2D eigenvalue weighted by Crippen LogP contribution is -2.30. The van der Waals surface area contributed by atoms with E-state index < -0.39 is 17.1 Å². The normalized spacial score (nSPS) is 11.8. The summed E-state index contributed by atoms with van der Waals surface area (Å²) < 4.78 is 5.30. The number of benzene rings is 4. The van der Waals surface area contributed by atoms with Crippen LogP contribution in [-0.4, -0.2) is 30.1 Å². The molecule has 0 saturated heterocycles. The number of ether oxygens (including phenoxy) is 1. The Hall–Kier alpha value is -4.24.